The van der Waals surface area contributed by atoms with E-state index >= 15 is 0 Å². The van der Waals surface area contributed by atoms with Crippen LogP contribution >= 0.6 is 11.6 Å². The molecule has 2 heterocycles. The second kappa shape index (κ2) is 5.87. The van der Waals surface area contributed by atoms with Crippen molar-refractivity contribution in [3.63, 3.8) is 0 Å². The van der Waals surface area contributed by atoms with Gasteiger partial charge in [-0.25, -0.2) is 0 Å². The van der Waals surface area contributed by atoms with Gasteiger partial charge < -0.3 is 0 Å². The summed E-state index contributed by atoms with van der Waals surface area (Å²) < 4.78 is 28.3. The van der Waals surface area contributed by atoms with Gasteiger partial charge >= 0.3 is 0 Å². The van der Waals surface area contributed by atoms with Crippen LogP contribution in [0.25, 0.3) is 0 Å². The molecule has 2 aliphatic rings. The molecule has 0 radical (unpaired) electrons. The molecule has 6 heteroatoms. The molecule has 2 saturated heterocycles. The van der Waals surface area contributed by atoms with Gasteiger partial charge in [-0.15, -0.1) is 11.6 Å². The maximum atomic E-state index is 12.5. The van der Waals surface area contributed by atoms with Crippen LogP contribution in [0.3, 0.4) is 0 Å². The van der Waals surface area contributed by atoms with Gasteiger partial charge in [0.1, 0.15) is 0 Å². The van der Waals surface area contributed by atoms with Crippen LogP contribution in [0.15, 0.2) is 0 Å². The standard InChI is InChI=1S/C11H21ClN2O2S/c12-10-11-6-2-1-3-9-14(11)17(15,16)13-7-4-5-8-13/h11H,1-10H2. The zero-order valence-corrected chi connectivity index (χ0v) is 11.7. The molecule has 0 aromatic heterocycles. The summed E-state index contributed by atoms with van der Waals surface area (Å²) in [6.45, 7) is 1.98. The van der Waals surface area contributed by atoms with E-state index in [1.807, 2.05) is 0 Å². The van der Waals surface area contributed by atoms with Gasteiger partial charge in [-0.3, -0.25) is 0 Å². The van der Waals surface area contributed by atoms with Crippen molar-refractivity contribution in [2.75, 3.05) is 25.5 Å². The van der Waals surface area contributed by atoms with Gasteiger partial charge in [-0.05, 0) is 25.7 Å². The first kappa shape index (κ1) is 13.6. The largest absolute Gasteiger partial charge is 0.282 e. The minimum absolute atomic E-state index is 0.00948. The van der Waals surface area contributed by atoms with Gasteiger partial charge in [0.05, 0.1) is 0 Å². The lowest BCUT2D eigenvalue weighted by atomic mass is 10.1. The summed E-state index contributed by atoms with van der Waals surface area (Å²) in [6.07, 6.45) is 6.02. The summed E-state index contributed by atoms with van der Waals surface area (Å²) in [7, 11) is -3.26. The summed E-state index contributed by atoms with van der Waals surface area (Å²) in [5.41, 5.74) is 0. The van der Waals surface area contributed by atoms with E-state index in [1.165, 1.54) is 0 Å². The molecule has 0 aromatic carbocycles. The normalized spacial score (nSPS) is 29.4. The van der Waals surface area contributed by atoms with Crippen molar-refractivity contribution in [1.29, 1.82) is 0 Å². The van der Waals surface area contributed by atoms with Crippen LogP contribution in [0.1, 0.15) is 38.5 Å². The second-order valence-corrected chi connectivity index (χ2v) is 7.07. The van der Waals surface area contributed by atoms with Gasteiger partial charge in [-0.1, -0.05) is 12.8 Å². The number of hydrogen-bond donors (Lipinski definition) is 0. The highest BCUT2D eigenvalue weighted by Gasteiger charge is 2.36. The van der Waals surface area contributed by atoms with Crippen molar-refractivity contribution in [2.45, 2.75) is 44.6 Å². The Morgan fingerprint density at radius 3 is 2.29 bits per heavy atom. The zero-order chi connectivity index (χ0) is 12.3. The molecule has 0 amide bonds. The summed E-state index contributed by atoms with van der Waals surface area (Å²) in [5.74, 6) is 0.410. The molecule has 17 heavy (non-hydrogen) atoms. The fourth-order valence-corrected chi connectivity index (χ4v) is 5.01. The van der Waals surface area contributed by atoms with Crippen molar-refractivity contribution in [1.82, 2.24) is 8.61 Å². The molecule has 2 rings (SSSR count). The topological polar surface area (TPSA) is 40.6 Å². The van der Waals surface area contributed by atoms with Crippen LogP contribution in [-0.4, -0.2) is 48.6 Å². The van der Waals surface area contributed by atoms with E-state index in [2.05, 4.69) is 0 Å². The average Bonchev–Trinajstić information content (AvgIpc) is 2.74. The molecule has 2 aliphatic heterocycles. The van der Waals surface area contributed by atoms with E-state index in [9.17, 15) is 8.42 Å². The third kappa shape index (κ3) is 2.95. The lowest BCUT2D eigenvalue weighted by Crippen LogP contribution is -2.48. The number of hydrogen-bond acceptors (Lipinski definition) is 2. The van der Waals surface area contributed by atoms with Crippen molar-refractivity contribution in [3.8, 4) is 0 Å². The third-order valence-electron chi connectivity index (χ3n) is 3.69. The van der Waals surface area contributed by atoms with E-state index in [0.29, 0.717) is 25.5 Å². The quantitative estimate of drug-likeness (QED) is 0.740. The Hall–Kier alpha value is 0.160. The van der Waals surface area contributed by atoms with E-state index in [1.54, 1.807) is 8.61 Å². The Balaban J connectivity index is 2.16. The van der Waals surface area contributed by atoms with Gasteiger partial charge in [0.2, 0.25) is 0 Å². The Kier molecular flexibility index (Phi) is 4.69. The number of halogens is 1. The summed E-state index contributed by atoms with van der Waals surface area (Å²) >= 11 is 5.94. The first-order chi connectivity index (χ1) is 8.16. The Labute approximate surface area is 109 Å². The molecule has 100 valence electrons. The highest BCUT2D eigenvalue weighted by Crippen LogP contribution is 2.25. The molecule has 1 atom stereocenters. The van der Waals surface area contributed by atoms with Gasteiger partial charge in [0.25, 0.3) is 10.2 Å². The van der Waals surface area contributed by atoms with E-state index in [0.717, 1.165) is 38.5 Å². The minimum Gasteiger partial charge on any atom is -0.195 e. The van der Waals surface area contributed by atoms with Crippen LogP contribution in [0.5, 0.6) is 0 Å². The molecule has 0 saturated carbocycles. The van der Waals surface area contributed by atoms with E-state index < -0.39 is 10.2 Å². The van der Waals surface area contributed by atoms with Crippen molar-refractivity contribution >= 4 is 21.8 Å². The lowest BCUT2D eigenvalue weighted by Gasteiger charge is -2.31. The molecule has 1 unspecified atom stereocenters. The number of rotatable bonds is 3. The fraction of sp³-hybridized carbons (Fsp3) is 1.00. The maximum Gasteiger partial charge on any atom is 0.282 e. The highest BCUT2D eigenvalue weighted by atomic mass is 35.5. The average molecular weight is 281 g/mol. The van der Waals surface area contributed by atoms with E-state index in [4.69, 9.17) is 11.6 Å². The molecule has 0 bridgehead atoms. The van der Waals surface area contributed by atoms with Crippen LogP contribution in [0, 0.1) is 0 Å². The molecule has 4 nitrogen and oxygen atoms in total. The molecule has 2 fully saturated rings. The first-order valence-electron chi connectivity index (χ1n) is 6.49. The van der Waals surface area contributed by atoms with Crippen molar-refractivity contribution in [3.05, 3.63) is 0 Å². The Bertz CT molecular complexity index is 341. The van der Waals surface area contributed by atoms with Gasteiger partial charge in [0, 0.05) is 31.6 Å². The van der Waals surface area contributed by atoms with Crippen molar-refractivity contribution < 1.29 is 8.42 Å². The van der Waals surface area contributed by atoms with Gasteiger partial charge in [0.15, 0.2) is 0 Å². The smallest absolute Gasteiger partial charge is 0.195 e. The van der Waals surface area contributed by atoms with Crippen LogP contribution in [0.2, 0.25) is 0 Å². The lowest BCUT2D eigenvalue weighted by molar-refractivity contribution is 0.312. The fourth-order valence-electron chi connectivity index (χ4n) is 2.68. The molecule has 0 N–H and O–H groups in total. The van der Waals surface area contributed by atoms with Crippen LogP contribution in [0.4, 0.5) is 0 Å². The van der Waals surface area contributed by atoms with Gasteiger partial charge in [-0.2, -0.15) is 17.0 Å². The number of nitrogens with zero attached hydrogens (tertiary/aromatic N) is 2. The summed E-state index contributed by atoms with van der Waals surface area (Å²) in [4.78, 5) is 0. The monoisotopic (exact) mass is 280 g/mol. The first-order valence-corrected chi connectivity index (χ1v) is 8.42. The summed E-state index contributed by atoms with van der Waals surface area (Å²) in [6, 6.07) is -0.00948. The molecular weight excluding hydrogens is 260 g/mol. The maximum absolute atomic E-state index is 12.5. The zero-order valence-electron chi connectivity index (χ0n) is 10.1. The predicted octanol–water partition coefficient (Wildman–Crippen LogP) is 1.81. The number of alkyl halides is 1. The van der Waals surface area contributed by atoms with Crippen LogP contribution in [-0.2, 0) is 10.2 Å². The molecule has 0 aliphatic carbocycles. The SMILES string of the molecule is O=S(=O)(N1CCCC1)N1CCCCCC1CCl. The Morgan fingerprint density at radius 2 is 1.65 bits per heavy atom. The van der Waals surface area contributed by atoms with Crippen LogP contribution < -0.4 is 0 Å². The molecule has 0 spiro atoms. The molecular formula is C11H21ClN2O2S. The minimum atomic E-state index is -3.26. The van der Waals surface area contributed by atoms with E-state index in [-0.39, 0.29) is 6.04 Å². The second-order valence-electron chi connectivity index (χ2n) is 4.88. The molecule has 0 aromatic rings. The summed E-state index contributed by atoms with van der Waals surface area (Å²) in [5, 5.41) is 0. The highest BCUT2D eigenvalue weighted by molar-refractivity contribution is 7.86. The predicted molar refractivity (Wildman–Crippen MR) is 69.4 cm³/mol. The Morgan fingerprint density at radius 1 is 1.00 bits per heavy atom. The van der Waals surface area contributed by atoms with Crippen molar-refractivity contribution in [2.24, 2.45) is 0 Å². The third-order valence-corrected chi connectivity index (χ3v) is 6.14.